The van der Waals surface area contributed by atoms with E-state index < -0.39 is 29.1 Å². The van der Waals surface area contributed by atoms with Gasteiger partial charge in [0.1, 0.15) is 5.60 Å². The maximum atomic E-state index is 13.3. The van der Waals surface area contributed by atoms with E-state index in [0.29, 0.717) is 25.0 Å². The average molecular weight is 412 g/mol. The summed E-state index contributed by atoms with van der Waals surface area (Å²) in [6.45, 7) is 0.286. The second kappa shape index (κ2) is 6.45. The summed E-state index contributed by atoms with van der Waals surface area (Å²) < 4.78 is 85.4. The molecule has 4 rings (SSSR count). The maximum Gasteiger partial charge on any atom is 0.416 e. The molecule has 2 aromatic carbocycles. The second-order valence-electron chi connectivity index (χ2n) is 7.07. The number of carbonyl (C=O) groups excluding carboxylic acids is 1. The highest BCUT2D eigenvalue weighted by molar-refractivity contribution is 6.12. The first-order valence-corrected chi connectivity index (χ1v) is 8.82. The Labute approximate surface area is 161 Å². The van der Waals surface area contributed by atoms with Crippen LogP contribution in [0.15, 0.2) is 48.5 Å². The minimum absolute atomic E-state index is 0.0891. The smallest absolute Gasteiger partial charge is 0.363 e. The predicted octanol–water partition coefficient (Wildman–Crippen LogP) is 5.90. The number of ether oxygens (including phenoxy) is 1. The summed E-state index contributed by atoms with van der Waals surface area (Å²) >= 11 is 0. The quantitative estimate of drug-likeness (QED) is 0.545. The summed E-state index contributed by atoms with van der Waals surface area (Å²) in [5.74, 6) is -0.336. The second-order valence-corrected chi connectivity index (χ2v) is 7.07. The number of ketones is 1. The lowest BCUT2D eigenvalue weighted by atomic mass is 9.77. The van der Waals surface area contributed by atoms with E-state index in [-0.39, 0.29) is 40.7 Å². The zero-order valence-corrected chi connectivity index (χ0v) is 14.8. The van der Waals surface area contributed by atoms with Gasteiger partial charge >= 0.3 is 12.4 Å². The number of benzene rings is 2. The van der Waals surface area contributed by atoms with Crippen LogP contribution in [0.5, 0.6) is 0 Å². The molecule has 0 unspecified atom stereocenters. The van der Waals surface area contributed by atoms with Crippen molar-refractivity contribution < 1.29 is 35.9 Å². The third-order valence-electron chi connectivity index (χ3n) is 5.17. The third kappa shape index (κ3) is 3.35. The van der Waals surface area contributed by atoms with Gasteiger partial charge in [0.25, 0.3) is 0 Å². The molecule has 2 aromatic rings. The zero-order valence-electron chi connectivity index (χ0n) is 14.8. The lowest BCUT2D eigenvalue weighted by Crippen LogP contribution is -2.39. The third-order valence-corrected chi connectivity index (χ3v) is 5.17. The van der Waals surface area contributed by atoms with Gasteiger partial charge in [-0.05, 0) is 53.8 Å². The number of alkyl halides is 6. The summed E-state index contributed by atoms with van der Waals surface area (Å²) in [6.07, 6.45) is -7.66. The normalized spacial score (nSPS) is 22.0. The Morgan fingerprint density at radius 2 is 1.45 bits per heavy atom. The highest BCUT2D eigenvalue weighted by atomic mass is 19.4. The SMILES string of the molecule is O=C1c2ccccc2C(c2cc(C(F)(F)F)cc(C(F)(F)F)c2)=C[C@]12CCCO2. The van der Waals surface area contributed by atoms with E-state index in [0.717, 1.165) is 0 Å². The van der Waals surface area contributed by atoms with Gasteiger partial charge < -0.3 is 4.74 Å². The minimum atomic E-state index is -4.96. The number of carbonyl (C=O) groups is 1. The lowest BCUT2D eigenvalue weighted by molar-refractivity contribution is -0.143. The Balaban J connectivity index is 1.98. The zero-order chi connectivity index (χ0) is 21.0. The molecule has 152 valence electrons. The van der Waals surface area contributed by atoms with E-state index in [4.69, 9.17) is 4.74 Å². The van der Waals surface area contributed by atoms with Crippen molar-refractivity contribution >= 4 is 11.4 Å². The fourth-order valence-electron chi connectivity index (χ4n) is 3.82. The average Bonchev–Trinajstić information content (AvgIpc) is 3.12. The first-order chi connectivity index (χ1) is 13.5. The number of hydrogen-bond acceptors (Lipinski definition) is 2. The van der Waals surface area contributed by atoms with Crippen molar-refractivity contribution in [2.45, 2.75) is 30.8 Å². The summed E-state index contributed by atoms with van der Waals surface area (Å²) in [5.41, 5.74) is -3.81. The van der Waals surface area contributed by atoms with E-state index >= 15 is 0 Å². The number of hydrogen-bond donors (Lipinski definition) is 0. The first kappa shape index (κ1) is 19.7. The van der Waals surface area contributed by atoms with Crippen LogP contribution in [0.1, 0.15) is 45.5 Å². The molecule has 2 aliphatic rings. The largest absolute Gasteiger partial charge is 0.416 e. The molecule has 0 radical (unpaired) electrons. The Morgan fingerprint density at radius 1 is 0.862 bits per heavy atom. The Morgan fingerprint density at radius 3 is 1.97 bits per heavy atom. The van der Waals surface area contributed by atoms with Crippen molar-refractivity contribution in [3.05, 3.63) is 76.4 Å². The van der Waals surface area contributed by atoms with Crippen molar-refractivity contribution in [3.8, 4) is 0 Å². The van der Waals surface area contributed by atoms with Crippen LogP contribution in [0.4, 0.5) is 26.3 Å². The predicted molar refractivity (Wildman–Crippen MR) is 92.2 cm³/mol. The number of Topliss-reactive ketones (excluding diaryl/α,β-unsaturated/α-hetero) is 1. The number of halogens is 6. The van der Waals surface area contributed by atoms with Crippen LogP contribution in [0.3, 0.4) is 0 Å². The molecule has 0 bridgehead atoms. The molecular weight excluding hydrogens is 398 g/mol. The van der Waals surface area contributed by atoms with Crippen LogP contribution in [-0.2, 0) is 17.1 Å². The fourth-order valence-corrected chi connectivity index (χ4v) is 3.82. The molecule has 0 N–H and O–H groups in total. The topological polar surface area (TPSA) is 26.3 Å². The van der Waals surface area contributed by atoms with Crippen LogP contribution in [0, 0.1) is 0 Å². The molecule has 1 aliphatic carbocycles. The molecule has 1 fully saturated rings. The summed E-state index contributed by atoms with van der Waals surface area (Å²) in [4.78, 5) is 12.9. The van der Waals surface area contributed by atoms with Crippen molar-refractivity contribution in [2.75, 3.05) is 6.61 Å². The fraction of sp³-hybridized carbons (Fsp3) is 0.286. The van der Waals surface area contributed by atoms with Crippen LogP contribution in [-0.4, -0.2) is 18.0 Å². The van der Waals surface area contributed by atoms with Crippen molar-refractivity contribution in [1.82, 2.24) is 0 Å². The van der Waals surface area contributed by atoms with Gasteiger partial charge in [0.05, 0.1) is 11.1 Å². The molecule has 1 spiro atoms. The standard InChI is InChI=1S/C21H14F6O2/c22-20(23,24)13-8-12(9-14(10-13)21(25,26)27)17-11-19(6-3-7-29-19)18(28)16-5-2-1-4-15(16)17/h1-2,4-5,8-11H,3,6-7H2/t19-/m1/s1. The number of fused-ring (bicyclic) bond motifs is 1. The Hall–Kier alpha value is -2.61. The summed E-state index contributed by atoms with van der Waals surface area (Å²) in [6, 6.07) is 7.63. The minimum Gasteiger partial charge on any atom is -0.363 e. The van der Waals surface area contributed by atoms with Crippen molar-refractivity contribution in [2.24, 2.45) is 0 Å². The highest BCUT2D eigenvalue weighted by Gasteiger charge is 2.46. The van der Waals surface area contributed by atoms with E-state index in [1.165, 1.54) is 18.2 Å². The summed E-state index contributed by atoms with van der Waals surface area (Å²) in [5, 5.41) is 0. The molecule has 0 saturated carbocycles. The highest BCUT2D eigenvalue weighted by Crippen LogP contribution is 2.44. The van der Waals surface area contributed by atoms with Gasteiger partial charge in [-0.1, -0.05) is 24.3 Å². The van der Waals surface area contributed by atoms with Gasteiger partial charge in [0.15, 0.2) is 5.78 Å². The molecule has 1 aliphatic heterocycles. The van der Waals surface area contributed by atoms with Gasteiger partial charge in [-0.3, -0.25) is 4.79 Å². The first-order valence-electron chi connectivity index (χ1n) is 8.82. The van der Waals surface area contributed by atoms with E-state index in [1.807, 2.05) is 0 Å². The molecule has 0 aromatic heterocycles. The number of rotatable bonds is 1. The molecule has 8 heteroatoms. The van der Waals surface area contributed by atoms with E-state index in [1.54, 1.807) is 12.1 Å². The monoisotopic (exact) mass is 412 g/mol. The molecule has 0 amide bonds. The molecule has 1 saturated heterocycles. The van der Waals surface area contributed by atoms with Gasteiger partial charge in [-0.25, -0.2) is 0 Å². The summed E-state index contributed by atoms with van der Waals surface area (Å²) in [7, 11) is 0. The van der Waals surface area contributed by atoms with Crippen LogP contribution in [0.2, 0.25) is 0 Å². The van der Waals surface area contributed by atoms with Gasteiger partial charge in [0.2, 0.25) is 0 Å². The molecular formula is C21H14F6O2. The van der Waals surface area contributed by atoms with Crippen LogP contribution >= 0.6 is 0 Å². The maximum absolute atomic E-state index is 13.3. The molecule has 2 nitrogen and oxygen atoms in total. The van der Waals surface area contributed by atoms with Crippen molar-refractivity contribution in [1.29, 1.82) is 0 Å². The molecule has 1 atom stereocenters. The molecule has 1 heterocycles. The van der Waals surface area contributed by atoms with Gasteiger partial charge in [0, 0.05) is 12.2 Å². The molecule has 29 heavy (non-hydrogen) atoms. The van der Waals surface area contributed by atoms with E-state index in [9.17, 15) is 31.1 Å². The van der Waals surface area contributed by atoms with Gasteiger partial charge in [-0.2, -0.15) is 26.3 Å². The van der Waals surface area contributed by atoms with Crippen molar-refractivity contribution in [3.63, 3.8) is 0 Å². The Kier molecular flexibility index (Phi) is 4.38. The van der Waals surface area contributed by atoms with Gasteiger partial charge in [-0.15, -0.1) is 0 Å². The van der Waals surface area contributed by atoms with E-state index in [2.05, 4.69) is 0 Å². The van der Waals surface area contributed by atoms with Crippen LogP contribution in [0.25, 0.3) is 5.57 Å². The Bertz CT molecular complexity index is 978. The van der Waals surface area contributed by atoms with Crippen LogP contribution < -0.4 is 0 Å². The lowest BCUT2D eigenvalue weighted by Gasteiger charge is -2.31.